The van der Waals surface area contributed by atoms with E-state index >= 15 is 0 Å². The van der Waals surface area contributed by atoms with Gasteiger partial charge in [0.2, 0.25) is 0 Å². The third-order valence-electron chi connectivity index (χ3n) is 3.71. The van der Waals surface area contributed by atoms with E-state index in [1.54, 1.807) is 11.0 Å². The van der Waals surface area contributed by atoms with Gasteiger partial charge in [-0.25, -0.2) is 9.18 Å². The summed E-state index contributed by atoms with van der Waals surface area (Å²) in [5.74, 6) is -0.367. The molecule has 0 radical (unpaired) electrons. The molecule has 6 heteroatoms. The molecule has 0 aliphatic carbocycles. The first-order valence-corrected chi connectivity index (χ1v) is 8.32. The molecule has 1 heterocycles. The van der Waals surface area contributed by atoms with Crippen molar-refractivity contribution in [3.05, 3.63) is 29.0 Å². The van der Waals surface area contributed by atoms with E-state index in [0.717, 1.165) is 19.3 Å². The van der Waals surface area contributed by atoms with E-state index in [1.807, 2.05) is 20.8 Å². The highest BCUT2D eigenvalue weighted by Crippen LogP contribution is 2.25. The van der Waals surface area contributed by atoms with Crippen LogP contribution in [0.25, 0.3) is 0 Å². The van der Waals surface area contributed by atoms with Crippen LogP contribution in [0.4, 0.5) is 14.9 Å². The molecular formula is C17H24ClFN2O2. The Labute approximate surface area is 141 Å². The van der Waals surface area contributed by atoms with Crippen molar-refractivity contribution in [2.45, 2.75) is 51.7 Å². The van der Waals surface area contributed by atoms with Gasteiger partial charge in [-0.15, -0.1) is 0 Å². The molecule has 0 aromatic heterocycles. The summed E-state index contributed by atoms with van der Waals surface area (Å²) in [6.45, 7) is 6.84. The van der Waals surface area contributed by atoms with Gasteiger partial charge in [0.15, 0.2) is 0 Å². The van der Waals surface area contributed by atoms with Crippen molar-refractivity contribution in [3.8, 4) is 0 Å². The number of hydrogen-bond acceptors (Lipinski definition) is 3. The van der Waals surface area contributed by atoms with Crippen LogP contribution in [0.5, 0.6) is 0 Å². The average molecular weight is 343 g/mol. The number of benzene rings is 1. The van der Waals surface area contributed by atoms with Crippen molar-refractivity contribution in [2.24, 2.45) is 0 Å². The van der Waals surface area contributed by atoms with Crippen molar-refractivity contribution in [1.29, 1.82) is 0 Å². The molecule has 1 saturated heterocycles. The Morgan fingerprint density at radius 3 is 2.83 bits per heavy atom. The molecule has 2 rings (SSSR count). The van der Waals surface area contributed by atoms with Crippen LogP contribution in [0, 0.1) is 5.82 Å². The van der Waals surface area contributed by atoms with Crippen LogP contribution < -0.4 is 5.32 Å². The first kappa shape index (κ1) is 17.9. The summed E-state index contributed by atoms with van der Waals surface area (Å²) in [5, 5.41) is 3.55. The van der Waals surface area contributed by atoms with Gasteiger partial charge in [0.1, 0.15) is 11.4 Å². The fourth-order valence-electron chi connectivity index (χ4n) is 2.63. The number of halogens is 2. The highest BCUT2D eigenvalue weighted by atomic mass is 35.5. The summed E-state index contributed by atoms with van der Waals surface area (Å²) in [6, 6.07) is 4.29. The van der Waals surface area contributed by atoms with E-state index in [1.165, 1.54) is 12.1 Å². The minimum absolute atomic E-state index is 0.0414. The van der Waals surface area contributed by atoms with Crippen LogP contribution >= 0.6 is 11.6 Å². The number of carbonyl (C=O) groups excluding carboxylic acids is 1. The molecular weight excluding hydrogens is 319 g/mol. The maximum Gasteiger partial charge on any atom is 0.410 e. The van der Waals surface area contributed by atoms with Gasteiger partial charge in [-0.05, 0) is 58.2 Å². The van der Waals surface area contributed by atoms with Crippen molar-refractivity contribution >= 4 is 23.4 Å². The van der Waals surface area contributed by atoms with E-state index in [9.17, 15) is 9.18 Å². The second kappa shape index (κ2) is 7.39. The van der Waals surface area contributed by atoms with Gasteiger partial charge in [0, 0.05) is 13.1 Å². The number of hydrogen-bond donors (Lipinski definition) is 1. The van der Waals surface area contributed by atoms with Gasteiger partial charge in [0.25, 0.3) is 0 Å². The number of carbonyl (C=O) groups is 1. The predicted molar refractivity (Wildman–Crippen MR) is 90.5 cm³/mol. The van der Waals surface area contributed by atoms with Crippen molar-refractivity contribution < 1.29 is 13.9 Å². The molecule has 0 saturated carbocycles. The van der Waals surface area contributed by atoms with Crippen molar-refractivity contribution in [1.82, 2.24) is 4.90 Å². The molecule has 1 aliphatic heterocycles. The highest BCUT2D eigenvalue weighted by molar-refractivity contribution is 6.33. The molecule has 1 atom stereocenters. The van der Waals surface area contributed by atoms with Gasteiger partial charge in [0.05, 0.1) is 16.8 Å². The maximum absolute atomic E-state index is 13.1. The van der Waals surface area contributed by atoms with Crippen molar-refractivity contribution in [2.75, 3.05) is 18.4 Å². The number of anilines is 1. The molecule has 1 N–H and O–H groups in total. The van der Waals surface area contributed by atoms with E-state index < -0.39 is 5.60 Å². The van der Waals surface area contributed by atoms with Crippen molar-refractivity contribution in [3.63, 3.8) is 0 Å². The molecule has 1 aliphatic rings. The quantitative estimate of drug-likeness (QED) is 0.867. The predicted octanol–water partition coefficient (Wildman–Crippen LogP) is 4.68. The zero-order valence-corrected chi connectivity index (χ0v) is 14.6. The van der Waals surface area contributed by atoms with Crippen LogP contribution in [-0.2, 0) is 4.74 Å². The smallest absolute Gasteiger partial charge is 0.410 e. The lowest BCUT2D eigenvalue weighted by Gasteiger charge is -2.37. The molecule has 0 bridgehead atoms. The maximum atomic E-state index is 13.1. The molecule has 0 spiro atoms. The SMILES string of the molecule is CC(C)(C)OC(=O)N1CCCCC1CNc1ccc(F)cc1Cl. The number of nitrogens with one attached hydrogen (secondary N) is 1. The summed E-state index contributed by atoms with van der Waals surface area (Å²) in [7, 11) is 0. The van der Waals surface area contributed by atoms with Gasteiger partial charge in [-0.3, -0.25) is 0 Å². The summed E-state index contributed by atoms with van der Waals surface area (Å²) in [5.41, 5.74) is 0.162. The number of amides is 1. The number of piperidine rings is 1. The van der Waals surface area contributed by atoms with E-state index in [-0.39, 0.29) is 18.0 Å². The zero-order valence-electron chi connectivity index (χ0n) is 13.9. The standard InChI is InChI=1S/C17H24ClFN2O2/c1-17(2,3)23-16(22)21-9-5-4-6-13(21)11-20-15-8-7-12(19)10-14(15)18/h7-8,10,13,20H,4-6,9,11H2,1-3H3. The third kappa shape index (κ3) is 5.27. The molecule has 1 unspecified atom stereocenters. The summed E-state index contributed by atoms with van der Waals surface area (Å²) >= 11 is 6.03. The number of rotatable bonds is 3. The van der Waals surface area contributed by atoms with E-state index in [2.05, 4.69) is 5.32 Å². The highest BCUT2D eigenvalue weighted by Gasteiger charge is 2.30. The summed E-state index contributed by atoms with van der Waals surface area (Å²) in [6.07, 6.45) is 2.68. The van der Waals surface area contributed by atoms with Crippen LogP contribution in [0.1, 0.15) is 40.0 Å². The number of ether oxygens (including phenoxy) is 1. The van der Waals surface area contributed by atoms with E-state index in [4.69, 9.17) is 16.3 Å². The molecule has 1 aromatic carbocycles. The lowest BCUT2D eigenvalue weighted by molar-refractivity contribution is 0.0114. The summed E-state index contributed by atoms with van der Waals surface area (Å²) < 4.78 is 18.6. The van der Waals surface area contributed by atoms with Gasteiger partial charge >= 0.3 is 6.09 Å². The van der Waals surface area contributed by atoms with Gasteiger partial charge < -0.3 is 15.0 Å². The number of nitrogens with zero attached hydrogens (tertiary/aromatic N) is 1. The topological polar surface area (TPSA) is 41.6 Å². The molecule has 4 nitrogen and oxygen atoms in total. The first-order valence-electron chi connectivity index (χ1n) is 7.95. The Hall–Kier alpha value is -1.49. The van der Waals surface area contributed by atoms with Gasteiger partial charge in [-0.1, -0.05) is 11.6 Å². The van der Waals surface area contributed by atoms with E-state index in [0.29, 0.717) is 23.8 Å². The molecule has 1 fully saturated rings. The van der Waals surface area contributed by atoms with Crippen LogP contribution in [0.15, 0.2) is 18.2 Å². The zero-order chi connectivity index (χ0) is 17.0. The van der Waals surface area contributed by atoms with Crippen LogP contribution in [-0.4, -0.2) is 35.7 Å². The lowest BCUT2D eigenvalue weighted by Crippen LogP contribution is -2.48. The molecule has 23 heavy (non-hydrogen) atoms. The van der Waals surface area contributed by atoms with Crippen LogP contribution in [0.2, 0.25) is 5.02 Å². The second-order valence-electron chi connectivity index (χ2n) is 6.83. The minimum atomic E-state index is -0.507. The Bertz CT molecular complexity index is 560. The van der Waals surface area contributed by atoms with Crippen LogP contribution in [0.3, 0.4) is 0 Å². The largest absolute Gasteiger partial charge is 0.444 e. The average Bonchev–Trinajstić information content (AvgIpc) is 2.45. The monoisotopic (exact) mass is 342 g/mol. The fourth-order valence-corrected chi connectivity index (χ4v) is 2.87. The third-order valence-corrected chi connectivity index (χ3v) is 4.03. The second-order valence-corrected chi connectivity index (χ2v) is 7.24. The first-order chi connectivity index (χ1) is 10.8. The molecule has 128 valence electrons. The normalized spacial score (nSPS) is 18.7. The Kier molecular flexibility index (Phi) is 5.74. The Balaban J connectivity index is 1.99. The number of likely N-dealkylation sites (tertiary alicyclic amines) is 1. The molecule has 1 amide bonds. The minimum Gasteiger partial charge on any atom is -0.444 e. The lowest BCUT2D eigenvalue weighted by atomic mass is 10.0. The Morgan fingerprint density at radius 1 is 1.43 bits per heavy atom. The van der Waals surface area contributed by atoms with Gasteiger partial charge in [-0.2, -0.15) is 0 Å². The fraction of sp³-hybridized carbons (Fsp3) is 0.588. The molecule has 1 aromatic rings. The summed E-state index contributed by atoms with van der Waals surface area (Å²) in [4.78, 5) is 14.1. The Morgan fingerprint density at radius 2 is 2.17 bits per heavy atom.